The number of aromatic nitrogens is 1. The molecular formula is C15H26N4O2. The van der Waals surface area contributed by atoms with Crippen LogP contribution in [0.3, 0.4) is 0 Å². The summed E-state index contributed by atoms with van der Waals surface area (Å²) >= 11 is 0. The second kappa shape index (κ2) is 6.77. The topological polar surface area (TPSA) is 45.0 Å². The van der Waals surface area contributed by atoms with Gasteiger partial charge < -0.3 is 14.1 Å². The first kappa shape index (κ1) is 14.8. The van der Waals surface area contributed by atoms with Gasteiger partial charge >= 0.3 is 0 Å². The molecule has 6 heteroatoms. The highest BCUT2D eigenvalue weighted by Gasteiger charge is 2.22. The fraction of sp³-hybridized carbons (Fsp3) is 0.800. The summed E-state index contributed by atoms with van der Waals surface area (Å²) in [5.74, 6) is 1.74. The van der Waals surface area contributed by atoms with Crippen LogP contribution >= 0.6 is 0 Å². The van der Waals surface area contributed by atoms with Crippen LogP contribution in [0.4, 0.5) is 5.88 Å². The van der Waals surface area contributed by atoms with Gasteiger partial charge in [0.15, 0.2) is 0 Å². The maximum atomic E-state index is 5.94. The molecule has 0 radical (unpaired) electrons. The molecule has 0 bridgehead atoms. The number of morpholine rings is 1. The van der Waals surface area contributed by atoms with Gasteiger partial charge in [0, 0.05) is 45.3 Å². The molecule has 2 fully saturated rings. The average Bonchev–Trinajstić information content (AvgIpc) is 2.97. The highest BCUT2D eigenvalue weighted by molar-refractivity contribution is 5.33. The molecule has 3 heterocycles. The fourth-order valence-corrected chi connectivity index (χ4v) is 2.93. The molecule has 2 aliphatic rings. The molecule has 0 amide bonds. The minimum absolute atomic E-state index is 0.624. The lowest BCUT2D eigenvalue weighted by Crippen LogP contribution is -2.48. The summed E-state index contributed by atoms with van der Waals surface area (Å²) in [4.78, 5) is 11.6. The van der Waals surface area contributed by atoms with E-state index in [-0.39, 0.29) is 0 Å². The van der Waals surface area contributed by atoms with E-state index >= 15 is 0 Å². The Morgan fingerprint density at radius 3 is 2.48 bits per heavy atom. The summed E-state index contributed by atoms with van der Waals surface area (Å²) in [5, 5.41) is 0. The molecule has 2 aliphatic heterocycles. The maximum Gasteiger partial charge on any atom is 0.216 e. The lowest BCUT2D eigenvalue weighted by Gasteiger charge is -2.36. The molecule has 0 spiro atoms. The van der Waals surface area contributed by atoms with Crippen LogP contribution in [0.25, 0.3) is 0 Å². The van der Waals surface area contributed by atoms with Crippen molar-refractivity contribution in [1.82, 2.24) is 14.8 Å². The molecule has 0 N–H and O–H groups in total. The van der Waals surface area contributed by atoms with Crippen LogP contribution in [0.5, 0.6) is 0 Å². The van der Waals surface area contributed by atoms with Crippen molar-refractivity contribution in [2.75, 3.05) is 57.4 Å². The van der Waals surface area contributed by atoms with E-state index in [9.17, 15) is 0 Å². The van der Waals surface area contributed by atoms with E-state index in [1.54, 1.807) is 0 Å². The van der Waals surface area contributed by atoms with Gasteiger partial charge in [-0.25, -0.2) is 4.98 Å². The molecule has 118 valence electrons. The van der Waals surface area contributed by atoms with Crippen LogP contribution in [-0.2, 0) is 11.3 Å². The van der Waals surface area contributed by atoms with Gasteiger partial charge in [-0.15, -0.1) is 0 Å². The molecule has 2 saturated heterocycles. The average molecular weight is 294 g/mol. The van der Waals surface area contributed by atoms with Crippen molar-refractivity contribution in [3.05, 3.63) is 12.1 Å². The molecule has 0 atom stereocenters. The van der Waals surface area contributed by atoms with Crippen molar-refractivity contribution in [3.8, 4) is 0 Å². The maximum absolute atomic E-state index is 5.94. The van der Waals surface area contributed by atoms with Crippen molar-refractivity contribution >= 4 is 5.88 Å². The molecule has 3 rings (SSSR count). The number of anilines is 1. The van der Waals surface area contributed by atoms with Gasteiger partial charge in [-0.1, -0.05) is 0 Å². The summed E-state index contributed by atoms with van der Waals surface area (Å²) in [5.41, 5.74) is 0. The zero-order valence-corrected chi connectivity index (χ0v) is 13.1. The van der Waals surface area contributed by atoms with Crippen LogP contribution in [0, 0.1) is 0 Å². The summed E-state index contributed by atoms with van der Waals surface area (Å²) in [6.07, 6.45) is 1.88. The first-order valence-corrected chi connectivity index (χ1v) is 7.96. The van der Waals surface area contributed by atoms with E-state index < -0.39 is 0 Å². The van der Waals surface area contributed by atoms with Crippen LogP contribution in [-0.4, -0.2) is 73.3 Å². The largest absolute Gasteiger partial charge is 0.424 e. The van der Waals surface area contributed by atoms with Crippen molar-refractivity contribution in [3.63, 3.8) is 0 Å². The normalized spacial score (nSPS) is 22.1. The number of hydrogen-bond acceptors (Lipinski definition) is 6. The van der Waals surface area contributed by atoms with Gasteiger partial charge in [-0.05, 0) is 13.8 Å². The number of piperazine rings is 1. The highest BCUT2D eigenvalue weighted by Crippen LogP contribution is 2.19. The predicted octanol–water partition coefficient (Wildman–Crippen LogP) is 1.04. The lowest BCUT2D eigenvalue weighted by atomic mass is 10.2. The van der Waals surface area contributed by atoms with Gasteiger partial charge in [0.2, 0.25) is 11.8 Å². The predicted molar refractivity (Wildman–Crippen MR) is 81.5 cm³/mol. The molecule has 21 heavy (non-hydrogen) atoms. The lowest BCUT2D eigenvalue weighted by molar-refractivity contribution is 0.0306. The van der Waals surface area contributed by atoms with E-state index in [1.807, 2.05) is 6.20 Å². The molecule has 1 aromatic rings. The minimum atomic E-state index is 0.624. The Kier molecular flexibility index (Phi) is 4.77. The number of nitrogens with zero attached hydrogens (tertiary/aromatic N) is 4. The Morgan fingerprint density at radius 2 is 1.81 bits per heavy atom. The monoisotopic (exact) mass is 294 g/mol. The van der Waals surface area contributed by atoms with Crippen molar-refractivity contribution in [1.29, 1.82) is 0 Å². The van der Waals surface area contributed by atoms with Gasteiger partial charge in [-0.2, -0.15) is 0 Å². The van der Waals surface area contributed by atoms with Crippen molar-refractivity contribution in [2.45, 2.75) is 26.4 Å². The third kappa shape index (κ3) is 3.75. The smallest absolute Gasteiger partial charge is 0.216 e. The minimum Gasteiger partial charge on any atom is -0.424 e. The van der Waals surface area contributed by atoms with Crippen LogP contribution in [0.1, 0.15) is 19.7 Å². The van der Waals surface area contributed by atoms with Crippen LogP contribution < -0.4 is 4.90 Å². The third-order valence-corrected chi connectivity index (χ3v) is 4.36. The SMILES string of the molecule is CC(C)N1CCN(c2cnc(CN3CCOCC3)o2)CC1. The van der Waals surface area contributed by atoms with Crippen molar-refractivity contribution in [2.24, 2.45) is 0 Å². The first-order chi connectivity index (χ1) is 10.2. The number of rotatable bonds is 4. The van der Waals surface area contributed by atoms with E-state index in [0.717, 1.165) is 70.8 Å². The number of hydrogen-bond donors (Lipinski definition) is 0. The fourth-order valence-electron chi connectivity index (χ4n) is 2.93. The third-order valence-electron chi connectivity index (χ3n) is 4.36. The quantitative estimate of drug-likeness (QED) is 0.827. The Labute approximate surface area is 126 Å². The van der Waals surface area contributed by atoms with Crippen molar-refractivity contribution < 1.29 is 9.15 Å². The van der Waals surface area contributed by atoms with E-state index in [1.165, 1.54) is 0 Å². The summed E-state index contributed by atoms with van der Waals surface area (Å²) < 4.78 is 11.3. The molecular weight excluding hydrogens is 268 g/mol. The molecule has 0 aromatic carbocycles. The van der Waals surface area contributed by atoms with Gasteiger partial charge in [0.25, 0.3) is 0 Å². The number of oxazole rings is 1. The molecule has 0 aliphatic carbocycles. The zero-order valence-electron chi connectivity index (χ0n) is 13.1. The molecule has 0 unspecified atom stereocenters. The Balaban J connectivity index is 1.53. The van der Waals surface area contributed by atoms with E-state index in [4.69, 9.17) is 9.15 Å². The standard InChI is InChI=1S/C15H26N4O2/c1-13(2)18-3-5-19(6-4-18)15-11-16-14(21-15)12-17-7-9-20-10-8-17/h11,13H,3-10,12H2,1-2H3. The number of ether oxygens (including phenoxy) is 1. The molecule has 6 nitrogen and oxygen atoms in total. The van der Waals surface area contributed by atoms with Gasteiger partial charge in [0.1, 0.15) is 0 Å². The first-order valence-electron chi connectivity index (χ1n) is 7.96. The Morgan fingerprint density at radius 1 is 1.10 bits per heavy atom. The molecule has 1 aromatic heterocycles. The highest BCUT2D eigenvalue weighted by atomic mass is 16.5. The summed E-state index contributed by atoms with van der Waals surface area (Å²) in [6, 6.07) is 0.624. The second-order valence-corrected chi connectivity index (χ2v) is 6.10. The zero-order chi connectivity index (χ0) is 14.7. The van der Waals surface area contributed by atoms with Gasteiger partial charge in [0.05, 0.1) is 26.0 Å². The van der Waals surface area contributed by atoms with Gasteiger partial charge in [-0.3, -0.25) is 9.80 Å². The van der Waals surface area contributed by atoms with Crippen LogP contribution in [0.15, 0.2) is 10.6 Å². The van der Waals surface area contributed by atoms with Crippen LogP contribution in [0.2, 0.25) is 0 Å². The Bertz CT molecular complexity index is 435. The summed E-state index contributed by atoms with van der Waals surface area (Å²) in [6.45, 7) is 13.1. The van der Waals surface area contributed by atoms with E-state index in [2.05, 4.69) is 33.5 Å². The molecule has 0 saturated carbocycles. The van der Waals surface area contributed by atoms with E-state index in [0.29, 0.717) is 6.04 Å². The Hall–Kier alpha value is -1.11. The summed E-state index contributed by atoms with van der Waals surface area (Å²) in [7, 11) is 0. The second-order valence-electron chi connectivity index (χ2n) is 6.10.